The standard InChI is InChI=1S/C10H23N3/c1-5-13-9(6-11)7-12(4)8-10(13,2)3/h9H,5-8,11H2,1-4H3. The van der Waals surface area contributed by atoms with E-state index in [4.69, 9.17) is 5.73 Å². The summed E-state index contributed by atoms with van der Waals surface area (Å²) in [6.07, 6.45) is 0. The van der Waals surface area contributed by atoms with Gasteiger partial charge in [0.2, 0.25) is 0 Å². The zero-order chi connectivity index (χ0) is 10.1. The molecule has 1 atom stereocenters. The Kier molecular flexibility index (Phi) is 3.33. The van der Waals surface area contributed by atoms with E-state index >= 15 is 0 Å². The van der Waals surface area contributed by atoms with Crippen molar-refractivity contribution in [1.82, 2.24) is 9.80 Å². The van der Waals surface area contributed by atoms with Crippen molar-refractivity contribution in [2.45, 2.75) is 32.4 Å². The van der Waals surface area contributed by atoms with Crippen LogP contribution in [0.15, 0.2) is 0 Å². The lowest BCUT2D eigenvalue weighted by Gasteiger charge is -2.50. The highest BCUT2D eigenvalue weighted by atomic mass is 15.3. The molecule has 0 aliphatic carbocycles. The summed E-state index contributed by atoms with van der Waals surface area (Å²) in [5, 5.41) is 0. The molecule has 3 heteroatoms. The molecule has 1 aliphatic rings. The SMILES string of the molecule is CCN1C(CN)CN(C)CC1(C)C. The van der Waals surface area contributed by atoms with E-state index in [0.717, 1.165) is 26.2 Å². The summed E-state index contributed by atoms with van der Waals surface area (Å²) in [7, 11) is 2.18. The maximum atomic E-state index is 5.78. The fourth-order valence-electron chi connectivity index (χ4n) is 2.66. The van der Waals surface area contributed by atoms with Gasteiger partial charge in [0.15, 0.2) is 0 Å². The van der Waals surface area contributed by atoms with Crippen molar-refractivity contribution in [2.24, 2.45) is 5.73 Å². The first-order valence-corrected chi connectivity index (χ1v) is 5.16. The number of hydrogen-bond donors (Lipinski definition) is 1. The molecule has 0 bridgehead atoms. The van der Waals surface area contributed by atoms with Gasteiger partial charge in [-0.1, -0.05) is 6.92 Å². The molecule has 0 amide bonds. The molecule has 78 valence electrons. The number of hydrogen-bond acceptors (Lipinski definition) is 3. The number of piperazine rings is 1. The predicted octanol–water partition coefficient (Wildman–Crippen LogP) is 0.360. The highest BCUT2D eigenvalue weighted by molar-refractivity contribution is 4.94. The smallest absolute Gasteiger partial charge is 0.0351 e. The second-order valence-electron chi connectivity index (χ2n) is 4.68. The van der Waals surface area contributed by atoms with E-state index in [1.165, 1.54) is 0 Å². The third-order valence-corrected chi connectivity index (χ3v) is 3.01. The molecule has 0 saturated carbocycles. The minimum Gasteiger partial charge on any atom is -0.329 e. The Balaban J connectivity index is 2.74. The zero-order valence-corrected chi connectivity index (χ0v) is 9.38. The number of nitrogens with zero attached hydrogens (tertiary/aromatic N) is 2. The van der Waals surface area contributed by atoms with Gasteiger partial charge in [0, 0.05) is 31.2 Å². The molecule has 1 unspecified atom stereocenters. The van der Waals surface area contributed by atoms with E-state index in [0.29, 0.717) is 6.04 Å². The summed E-state index contributed by atoms with van der Waals surface area (Å²) < 4.78 is 0. The molecule has 0 aromatic rings. The molecule has 1 rings (SSSR count). The van der Waals surface area contributed by atoms with Gasteiger partial charge in [0.25, 0.3) is 0 Å². The van der Waals surface area contributed by atoms with Gasteiger partial charge in [0.05, 0.1) is 0 Å². The largest absolute Gasteiger partial charge is 0.329 e. The molecule has 1 fully saturated rings. The van der Waals surface area contributed by atoms with Crippen LogP contribution in [0.5, 0.6) is 0 Å². The van der Waals surface area contributed by atoms with Crippen molar-refractivity contribution in [3.63, 3.8) is 0 Å². The van der Waals surface area contributed by atoms with Gasteiger partial charge in [-0.25, -0.2) is 0 Å². The maximum Gasteiger partial charge on any atom is 0.0351 e. The Labute approximate surface area is 81.9 Å². The summed E-state index contributed by atoms with van der Waals surface area (Å²) in [5.41, 5.74) is 6.05. The fraction of sp³-hybridized carbons (Fsp3) is 1.00. The van der Waals surface area contributed by atoms with Crippen LogP contribution >= 0.6 is 0 Å². The Bertz CT molecular complexity index is 168. The lowest BCUT2D eigenvalue weighted by Crippen LogP contribution is -2.64. The minimum atomic E-state index is 0.270. The van der Waals surface area contributed by atoms with Gasteiger partial charge in [-0.3, -0.25) is 4.90 Å². The van der Waals surface area contributed by atoms with Gasteiger partial charge >= 0.3 is 0 Å². The third-order valence-electron chi connectivity index (χ3n) is 3.01. The van der Waals surface area contributed by atoms with Gasteiger partial charge in [0.1, 0.15) is 0 Å². The summed E-state index contributed by atoms with van der Waals surface area (Å²) in [6, 6.07) is 0.527. The quantitative estimate of drug-likeness (QED) is 0.674. The Morgan fingerprint density at radius 1 is 1.46 bits per heavy atom. The predicted molar refractivity (Wildman–Crippen MR) is 56.8 cm³/mol. The van der Waals surface area contributed by atoms with E-state index in [1.54, 1.807) is 0 Å². The second kappa shape index (κ2) is 3.95. The molecular formula is C10H23N3. The van der Waals surface area contributed by atoms with Gasteiger partial charge in [-0.15, -0.1) is 0 Å². The summed E-state index contributed by atoms with van der Waals surface area (Å²) in [5.74, 6) is 0. The lowest BCUT2D eigenvalue weighted by molar-refractivity contribution is -0.00811. The van der Waals surface area contributed by atoms with Crippen LogP contribution in [0.4, 0.5) is 0 Å². The molecule has 0 radical (unpaired) electrons. The molecule has 1 saturated heterocycles. The molecule has 2 N–H and O–H groups in total. The minimum absolute atomic E-state index is 0.270. The van der Waals surface area contributed by atoms with E-state index < -0.39 is 0 Å². The molecule has 0 aromatic heterocycles. The molecule has 13 heavy (non-hydrogen) atoms. The average Bonchev–Trinajstić information content (AvgIpc) is 2.01. The number of nitrogens with two attached hydrogens (primary N) is 1. The topological polar surface area (TPSA) is 32.5 Å². The van der Waals surface area contributed by atoms with Crippen molar-refractivity contribution in [2.75, 3.05) is 33.2 Å². The highest BCUT2D eigenvalue weighted by Gasteiger charge is 2.36. The van der Waals surface area contributed by atoms with Crippen molar-refractivity contribution < 1.29 is 0 Å². The second-order valence-corrected chi connectivity index (χ2v) is 4.68. The van der Waals surface area contributed by atoms with Crippen LogP contribution in [0, 0.1) is 0 Å². The van der Waals surface area contributed by atoms with Gasteiger partial charge < -0.3 is 10.6 Å². The van der Waals surface area contributed by atoms with Crippen LogP contribution in [0.2, 0.25) is 0 Å². The maximum absolute atomic E-state index is 5.78. The lowest BCUT2D eigenvalue weighted by atomic mass is 9.95. The van der Waals surface area contributed by atoms with Gasteiger partial charge in [-0.05, 0) is 27.4 Å². The first-order chi connectivity index (χ1) is 6.01. The van der Waals surface area contributed by atoms with Crippen LogP contribution in [-0.2, 0) is 0 Å². The van der Waals surface area contributed by atoms with E-state index in [1.807, 2.05) is 0 Å². The van der Waals surface area contributed by atoms with Crippen LogP contribution in [-0.4, -0.2) is 54.6 Å². The Morgan fingerprint density at radius 2 is 2.08 bits per heavy atom. The fourth-order valence-corrected chi connectivity index (χ4v) is 2.66. The molecule has 0 aromatic carbocycles. The van der Waals surface area contributed by atoms with E-state index in [2.05, 4.69) is 37.6 Å². The first-order valence-electron chi connectivity index (χ1n) is 5.16. The average molecular weight is 185 g/mol. The van der Waals surface area contributed by atoms with E-state index in [-0.39, 0.29) is 5.54 Å². The number of rotatable bonds is 2. The zero-order valence-electron chi connectivity index (χ0n) is 9.38. The molecule has 3 nitrogen and oxygen atoms in total. The summed E-state index contributed by atoms with van der Waals surface area (Å²) in [4.78, 5) is 4.90. The Hall–Kier alpha value is -0.120. The molecule has 0 spiro atoms. The summed E-state index contributed by atoms with van der Waals surface area (Å²) in [6.45, 7) is 10.9. The van der Waals surface area contributed by atoms with Crippen molar-refractivity contribution in [1.29, 1.82) is 0 Å². The number of likely N-dealkylation sites (N-methyl/N-ethyl adjacent to an activating group) is 2. The van der Waals surface area contributed by atoms with E-state index in [9.17, 15) is 0 Å². The van der Waals surface area contributed by atoms with Crippen LogP contribution in [0.1, 0.15) is 20.8 Å². The monoisotopic (exact) mass is 185 g/mol. The van der Waals surface area contributed by atoms with Gasteiger partial charge in [-0.2, -0.15) is 0 Å². The normalized spacial score (nSPS) is 30.7. The summed E-state index contributed by atoms with van der Waals surface area (Å²) >= 11 is 0. The highest BCUT2D eigenvalue weighted by Crippen LogP contribution is 2.23. The first kappa shape index (κ1) is 11.0. The molecule has 1 aliphatic heterocycles. The van der Waals surface area contributed by atoms with Crippen LogP contribution in [0.25, 0.3) is 0 Å². The van der Waals surface area contributed by atoms with Crippen LogP contribution < -0.4 is 5.73 Å². The Morgan fingerprint density at radius 3 is 2.54 bits per heavy atom. The molecule has 1 heterocycles. The molecular weight excluding hydrogens is 162 g/mol. The van der Waals surface area contributed by atoms with Crippen molar-refractivity contribution in [3.8, 4) is 0 Å². The van der Waals surface area contributed by atoms with Crippen LogP contribution in [0.3, 0.4) is 0 Å². The van der Waals surface area contributed by atoms with Crippen molar-refractivity contribution >= 4 is 0 Å². The van der Waals surface area contributed by atoms with Crippen molar-refractivity contribution in [3.05, 3.63) is 0 Å². The third kappa shape index (κ3) is 2.22.